The second kappa shape index (κ2) is 10.4. The molecule has 0 unspecified atom stereocenters. The lowest BCUT2D eigenvalue weighted by atomic mass is 9.90. The van der Waals surface area contributed by atoms with Crippen molar-refractivity contribution in [2.45, 2.75) is 38.2 Å². The first-order valence-electron chi connectivity index (χ1n) is 9.46. The van der Waals surface area contributed by atoms with Crippen LogP contribution in [0, 0.1) is 5.92 Å². The van der Waals surface area contributed by atoms with Gasteiger partial charge in [0.25, 0.3) is 0 Å². The van der Waals surface area contributed by atoms with Gasteiger partial charge in [0.05, 0.1) is 25.9 Å². The molecule has 0 aliphatic carbocycles. The van der Waals surface area contributed by atoms with E-state index in [1.807, 2.05) is 36.4 Å². The summed E-state index contributed by atoms with van der Waals surface area (Å²) in [6.45, 7) is 2.86. The van der Waals surface area contributed by atoms with E-state index in [1.165, 1.54) is 5.56 Å². The van der Waals surface area contributed by atoms with Crippen molar-refractivity contribution >= 4 is 0 Å². The van der Waals surface area contributed by atoms with E-state index in [0.717, 1.165) is 24.9 Å². The molecule has 1 aliphatic heterocycles. The number of rotatable bonds is 9. The van der Waals surface area contributed by atoms with Crippen molar-refractivity contribution in [3.05, 3.63) is 71.8 Å². The van der Waals surface area contributed by atoms with Gasteiger partial charge in [0, 0.05) is 12.6 Å². The summed E-state index contributed by atoms with van der Waals surface area (Å²) in [6.07, 6.45) is 1.90. The Balaban J connectivity index is 1.56. The van der Waals surface area contributed by atoms with Gasteiger partial charge in [-0.2, -0.15) is 0 Å². The molecule has 4 nitrogen and oxygen atoms in total. The van der Waals surface area contributed by atoms with E-state index >= 15 is 0 Å². The van der Waals surface area contributed by atoms with Crippen molar-refractivity contribution < 1.29 is 14.6 Å². The van der Waals surface area contributed by atoms with Crippen LogP contribution in [0.25, 0.3) is 0 Å². The molecule has 4 heteroatoms. The molecule has 3 rings (SSSR count). The summed E-state index contributed by atoms with van der Waals surface area (Å²) in [5.74, 6) is 0.346. The molecular formula is C22H29NO3. The molecule has 2 N–H and O–H groups in total. The Morgan fingerprint density at radius 3 is 2.27 bits per heavy atom. The summed E-state index contributed by atoms with van der Waals surface area (Å²) >= 11 is 0. The third-order valence-electron chi connectivity index (χ3n) is 4.95. The highest BCUT2D eigenvalue weighted by Crippen LogP contribution is 2.20. The number of aliphatic hydroxyl groups is 1. The lowest BCUT2D eigenvalue weighted by Gasteiger charge is -2.34. The molecule has 2 aromatic carbocycles. The second-order valence-electron chi connectivity index (χ2n) is 6.97. The summed E-state index contributed by atoms with van der Waals surface area (Å²) in [7, 11) is 0. The molecule has 0 spiro atoms. The maximum absolute atomic E-state index is 9.52. The standard InChI is InChI=1S/C22H29NO3/c24-14-20-11-12-23-21(13-20)22(26-16-19-9-5-2-6-10-19)17-25-15-18-7-3-1-4-8-18/h1-10,20-24H,11-17H2/t20-,21-,22-/m1/s1. The summed E-state index contributed by atoms with van der Waals surface area (Å²) in [5, 5.41) is 13.1. The zero-order chi connectivity index (χ0) is 18.0. The number of aliphatic hydroxyl groups excluding tert-OH is 1. The lowest BCUT2D eigenvalue weighted by Crippen LogP contribution is -2.49. The van der Waals surface area contributed by atoms with Gasteiger partial charge >= 0.3 is 0 Å². The smallest absolute Gasteiger partial charge is 0.0965 e. The fraction of sp³-hybridized carbons (Fsp3) is 0.455. The van der Waals surface area contributed by atoms with Crippen LogP contribution in [0.15, 0.2) is 60.7 Å². The predicted octanol–water partition coefficient (Wildman–Crippen LogP) is 3.15. The highest BCUT2D eigenvalue weighted by atomic mass is 16.5. The third kappa shape index (κ3) is 5.92. The van der Waals surface area contributed by atoms with E-state index in [0.29, 0.717) is 25.7 Å². The van der Waals surface area contributed by atoms with Crippen molar-refractivity contribution in [1.82, 2.24) is 5.32 Å². The van der Waals surface area contributed by atoms with Crippen LogP contribution in [0.1, 0.15) is 24.0 Å². The minimum Gasteiger partial charge on any atom is -0.396 e. The van der Waals surface area contributed by atoms with Gasteiger partial charge in [-0.05, 0) is 36.4 Å². The Morgan fingerprint density at radius 2 is 1.62 bits per heavy atom. The fourth-order valence-electron chi connectivity index (χ4n) is 3.41. The monoisotopic (exact) mass is 355 g/mol. The fourth-order valence-corrected chi connectivity index (χ4v) is 3.41. The summed E-state index contributed by atoms with van der Waals surface area (Å²) in [6, 6.07) is 20.6. The van der Waals surface area contributed by atoms with Crippen LogP contribution >= 0.6 is 0 Å². The van der Waals surface area contributed by atoms with Gasteiger partial charge < -0.3 is 19.9 Å². The molecule has 3 atom stereocenters. The number of piperidine rings is 1. The van der Waals surface area contributed by atoms with E-state index in [-0.39, 0.29) is 18.8 Å². The maximum Gasteiger partial charge on any atom is 0.0965 e. The van der Waals surface area contributed by atoms with E-state index in [2.05, 4.69) is 29.6 Å². The maximum atomic E-state index is 9.52. The van der Waals surface area contributed by atoms with Crippen molar-refractivity contribution in [2.24, 2.45) is 5.92 Å². The van der Waals surface area contributed by atoms with Crippen LogP contribution in [-0.4, -0.2) is 37.0 Å². The van der Waals surface area contributed by atoms with Crippen LogP contribution in [-0.2, 0) is 22.7 Å². The van der Waals surface area contributed by atoms with Gasteiger partial charge in [-0.3, -0.25) is 0 Å². The van der Waals surface area contributed by atoms with Crippen molar-refractivity contribution in [3.63, 3.8) is 0 Å². The normalized spacial score (nSPS) is 21.4. The van der Waals surface area contributed by atoms with Crippen LogP contribution < -0.4 is 5.32 Å². The Labute approximate surface area is 156 Å². The number of hydrogen-bond donors (Lipinski definition) is 2. The third-order valence-corrected chi connectivity index (χ3v) is 4.95. The molecule has 1 aliphatic rings. The minimum absolute atomic E-state index is 0.0340. The average molecular weight is 355 g/mol. The Morgan fingerprint density at radius 1 is 0.962 bits per heavy atom. The molecule has 140 valence electrons. The van der Waals surface area contributed by atoms with Gasteiger partial charge in [-0.15, -0.1) is 0 Å². The average Bonchev–Trinajstić information content (AvgIpc) is 2.72. The van der Waals surface area contributed by atoms with Crippen LogP contribution in [0.3, 0.4) is 0 Å². The highest BCUT2D eigenvalue weighted by Gasteiger charge is 2.28. The van der Waals surface area contributed by atoms with Gasteiger partial charge in [-0.25, -0.2) is 0 Å². The molecule has 1 heterocycles. The molecule has 0 aromatic heterocycles. The zero-order valence-electron chi connectivity index (χ0n) is 15.2. The zero-order valence-corrected chi connectivity index (χ0v) is 15.2. The van der Waals surface area contributed by atoms with Gasteiger partial charge in [0.15, 0.2) is 0 Å². The summed E-state index contributed by atoms with van der Waals surface area (Å²) in [5.41, 5.74) is 2.33. The molecular weight excluding hydrogens is 326 g/mol. The Kier molecular flexibility index (Phi) is 7.65. The Hall–Kier alpha value is -1.72. The number of hydrogen-bond acceptors (Lipinski definition) is 4. The first-order chi connectivity index (χ1) is 12.8. The molecule has 2 aromatic rings. The van der Waals surface area contributed by atoms with Crippen LogP contribution in [0.5, 0.6) is 0 Å². The first-order valence-corrected chi connectivity index (χ1v) is 9.46. The van der Waals surface area contributed by atoms with E-state index < -0.39 is 0 Å². The van der Waals surface area contributed by atoms with Crippen molar-refractivity contribution in [3.8, 4) is 0 Å². The molecule has 26 heavy (non-hydrogen) atoms. The van der Waals surface area contributed by atoms with Crippen LogP contribution in [0.2, 0.25) is 0 Å². The molecule has 0 bridgehead atoms. The van der Waals surface area contributed by atoms with Crippen molar-refractivity contribution in [2.75, 3.05) is 19.8 Å². The van der Waals surface area contributed by atoms with Crippen LogP contribution in [0.4, 0.5) is 0 Å². The van der Waals surface area contributed by atoms with E-state index in [4.69, 9.17) is 9.47 Å². The number of ether oxygens (including phenoxy) is 2. The number of benzene rings is 2. The highest BCUT2D eigenvalue weighted by molar-refractivity contribution is 5.14. The van der Waals surface area contributed by atoms with E-state index in [1.54, 1.807) is 0 Å². The minimum atomic E-state index is -0.0340. The number of nitrogens with one attached hydrogen (secondary N) is 1. The van der Waals surface area contributed by atoms with E-state index in [9.17, 15) is 5.11 Å². The first kappa shape index (κ1) is 19.1. The summed E-state index contributed by atoms with van der Waals surface area (Å²) in [4.78, 5) is 0. The topological polar surface area (TPSA) is 50.7 Å². The van der Waals surface area contributed by atoms with Gasteiger partial charge in [-0.1, -0.05) is 60.7 Å². The lowest BCUT2D eigenvalue weighted by molar-refractivity contribution is -0.0564. The molecule has 1 fully saturated rings. The SMILES string of the molecule is OC[C@@H]1CCN[C@@H]([C@@H](COCc2ccccc2)OCc2ccccc2)C1. The predicted molar refractivity (Wildman–Crippen MR) is 103 cm³/mol. The van der Waals surface area contributed by atoms with Gasteiger partial charge in [0.2, 0.25) is 0 Å². The molecule has 0 saturated carbocycles. The molecule has 1 saturated heterocycles. The van der Waals surface area contributed by atoms with Crippen molar-refractivity contribution in [1.29, 1.82) is 0 Å². The summed E-state index contributed by atoms with van der Waals surface area (Å²) < 4.78 is 12.2. The quantitative estimate of drug-likeness (QED) is 0.726. The second-order valence-corrected chi connectivity index (χ2v) is 6.97. The molecule has 0 radical (unpaired) electrons. The Bertz CT molecular complexity index is 620. The molecule has 0 amide bonds. The van der Waals surface area contributed by atoms with Gasteiger partial charge in [0.1, 0.15) is 0 Å². The largest absolute Gasteiger partial charge is 0.396 e.